The summed E-state index contributed by atoms with van der Waals surface area (Å²) in [6.07, 6.45) is 6.45. The van der Waals surface area contributed by atoms with Gasteiger partial charge in [-0.25, -0.2) is 4.79 Å². The highest BCUT2D eigenvalue weighted by Gasteiger charge is 2.11. The normalized spacial score (nSPS) is 12.4. The number of carboxylic acid groups (broad SMARTS) is 1. The van der Waals surface area contributed by atoms with Crippen LogP contribution in [0.5, 0.6) is 0 Å². The average Bonchev–Trinajstić information content (AvgIpc) is 2.28. The fourth-order valence-electron chi connectivity index (χ4n) is 1.87. The molecular formula is C14H22N2O2. The summed E-state index contributed by atoms with van der Waals surface area (Å²) in [5.41, 5.74) is 0.878. The summed E-state index contributed by atoms with van der Waals surface area (Å²) in [7, 11) is 0. The molecule has 100 valence electrons. The second kappa shape index (κ2) is 6.99. The van der Waals surface area contributed by atoms with E-state index in [1.807, 2.05) is 0 Å². The Morgan fingerprint density at radius 1 is 1.39 bits per heavy atom. The fourth-order valence-corrected chi connectivity index (χ4v) is 1.87. The number of hydrogen-bond donors (Lipinski definition) is 2. The lowest BCUT2D eigenvalue weighted by molar-refractivity contribution is 0.0698. The topological polar surface area (TPSA) is 62.2 Å². The van der Waals surface area contributed by atoms with Gasteiger partial charge in [-0.1, -0.05) is 26.7 Å². The van der Waals surface area contributed by atoms with Crippen molar-refractivity contribution in [2.75, 3.05) is 5.32 Å². The molecule has 0 saturated heterocycles. The van der Waals surface area contributed by atoms with E-state index in [2.05, 4.69) is 31.1 Å². The maximum absolute atomic E-state index is 11.0. The van der Waals surface area contributed by atoms with E-state index in [1.54, 1.807) is 6.20 Å². The van der Waals surface area contributed by atoms with Gasteiger partial charge in [-0.2, -0.15) is 0 Å². The first-order chi connectivity index (χ1) is 8.50. The Bertz CT molecular complexity index is 391. The molecule has 1 aromatic rings. The Hall–Kier alpha value is -1.58. The molecule has 0 amide bonds. The van der Waals surface area contributed by atoms with E-state index in [-0.39, 0.29) is 11.6 Å². The number of hydrogen-bond acceptors (Lipinski definition) is 3. The van der Waals surface area contributed by atoms with Crippen LogP contribution in [0.4, 0.5) is 5.69 Å². The lowest BCUT2D eigenvalue weighted by Gasteiger charge is -2.16. The number of pyridine rings is 1. The summed E-state index contributed by atoms with van der Waals surface area (Å²) in [5, 5.41) is 12.3. The molecule has 4 heteroatoms. The average molecular weight is 250 g/mol. The summed E-state index contributed by atoms with van der Waals surface area (Å²) < 4.78 is 0. The monoisotopic (exact) mass is 250 g/mol. The first kappa shape index (κ1) is 14.5. The number of carboxylic acids is 1. The Balaban J connectivity index is 2.53. The van der Waals surface area contributed by atoms with Crippen molar-refractivity contribution in [2.24, 2.45) is 5.92 Å². The first-order valence-electron chi connectivity index (χ1n) is 6.44. The number of carbonyl (C=O) groups is 1. The van der Waals surface area contributed by atoms with E-state index < -0.39 is 5.97 Å². The van der Waals surface area contributed by atoms with Crippen LogP contribution in [-0.4, -0.2) is 22.1 Å². The van der Waals surface area contributed by atoms with Crippen molar-refractivity contribution in [2.45, 2.75) is 46.1 Å². The lowest BCUT2D eigenvalue weighted by Crippen LogP contribution is -2.17. The predicted molar refractivity (Wildman–Crippen MR) is 73.0 cm³/mol. The van der Waals surface area contributed by atoms with Gasteiger partial charge in [0.2, 0.25) is 0 Å². The molecule has 0 aliphatic carbocycles. The van der Waals surface area contributed by atoms with Gasteiger partial charge in [0.1, 0.15) is 0 Å². The first-order valence-corrected chi connectivity index (χ1v) is 6.44. The highest BCUT2D eigenvalue weighted by Crippen LogP contribution is 2.17. The maximum Gasteiger partial charge on any atom is 0.337 e. The molecule has 1 unspecified atom stereocenters. The van der Waals surface area contributed by atoms with Crippen LogP contribution >= 0.6 is 0 Å². The smallest absolute Gasteiger partial charge is 0.337 e. The summed E-state index contributed by atoms with van der Waals surface area (Å²) in [6.45, 7) is 6.49. The zero-order chi connectivity index (χ0) is 13.5. The Morgan fingerprint density at radius 2 is 2.11 bits per heavy atom. The van der Waals surface area contributed by atoms with Gasteiger partial charge in [0.15, 0.2) is 0 Å². The number of anilines is 1. The van der Waals surface area contributed by atoms with E-state index >= 15 is 0 Å². The van der Waals surface area contributed by atoms with Gasteiger partial charge in [-0.15, -0.1) is 0 Å². The van der Waals surface area contributed by atoms with Gasteiger partial charge in [0.05, 0.1) is 17.4 Å². The minimum absolute atomic E-state index is 0.256. The van der Waals surface area contributed by atoms with Crippen molar-refractivity contribution >= 4 is 11.7 Å². The molecule has 0 spiro atoms. The van der Waals surface area contributed by atoms with Gasteiger partial charge in [0.25, 0.3) is 0 Å². The number of nitrogens with zero attached hydrogens (tertiary/aromatic N) is 1. The van der Waals surface area contributed by atoms with E-state index in [0.29, 0.717) is 11.6 Å². The van der Waals surface area contributed by atoms with Crippen LogP contribution in [0, 0.1) is 5.92 Å². The van der Waals surface area contributed by atoms with E-state index in [1.165, 1.54) is 18.7 Å². The van der Waals surface area contributed by atoms with Crippen LogP contribution < -0.4 is 5.32 Å². The molecule has 0 radical (unpaired) electrons. The van der Waals surface area contributed by atoms with Crippen LogP contribution in [-0.2, 0) is 0 Å². The van der Waals surface area contributed by atoms with Crippen LogP contribution in [0.1, 0.15) is 50.4 Å². The highest BCUT2D eigenvalue weighted by atomic mass is 16.4. The van der Waals surface area contributed by atoms with Crippen LogP contribution in [0.3, 0.4) is 0 Å². The third-order valence-electron chi connectivity index (χ3n) is 2.87. The van der Waals surface area contributed by atoms with E-state index in [0.717, 1.165) is 12.8 Å². The number of aromatic carboxylic acids is 1. The molecular weight excluding hydrogens is 228 g/mol. The maximum atomic E-state index is 11.0. The summed E-state index contributed by atoms with van der Waals surface area (Å²) in [6, 6.07) is 1.77. The van der Waals surface area contributed by atoms with Crippen molar-refractivity contribution in [3.8, 4) is 0 Å². The third kappa shape index (κ3) is 4.73. The predicted octanol–water partition coefficient (Wildman–Crippen LogP) is 3.41. The highest BCUT2D eigenvalue weighted by molar-refractivity contribution is 5.93. The molecule has 2 N–H and O–H groups in total. The Morgan fingerprint density at radius 3 is 2.72 bits per heavy atom. The van der Waals surface area contributed by atoms with E-state index in [4.69, 9.17) is 5.11 Å². The van der Waals surface area contributed by atoms with Crippen molar-refractivity contribution in [3.05, 3.63) is 24.0 Å². The molecule has 0 aromatic carbocycles. The molecule has 0 bridgehead atoms. The number of nitrogens with one attached hydrogen (secondary N) is 1. The molecule has 18 heavy (non-hydrogen) atoms. The Kier molecular flexibility index (Phi) is 5.62. The van der Waals surface area contributed by atoms with Crippen LogP contribution in [0.25, 0.3) is 0 Å². The van der Waals surface area contributed by atoms with Gasteiger partial charge < -0.3 is 10.4 Å². The van der Waals surface area contributed by atoms with Crippen molar-refractivity contribution in [1.29, 1.82) is 0 Å². The quantitative estimate of drug-likeness (QED) is 0.778. The van der Waals surface area contributed by atoms with Crippen LogP contribution in [0.2, 0.25) is 0 Å². The molecule has 1 aromatic heterocycles. The lowest BCUT2D eigenvalue weighted by atomic mass is 10.0. The Labute approximate surface area is 108 Å². The summed E-state index contributed by atoms with van der Waals surface area (Å²) in [4.78, 5) is 15.0. The molecule has 4 nitrogen and oxygen atoms in total. The van der Waals surface area contributed by atoms with E-state index in [9.17, 15) is 4.79 Å². The van der Waals surface area contributed by atoms with Crippen molar-refractivity contribution in [1.82, 2.24) is 4.98 Å². The molecule has 0 saturated carbocycles. The SMILES string of the molecule is CC(C)CCCC(C)Nc1cnccc1C(=O)O. The molecule has 1 atom stereocenters. The van der Waals surface area contributed by atoms with Crippen molar-refractivity contribution in [3.63, 3.8) is 0 Å². The second-order valence-electron chi connectivity index (χ2n) is 5.10. The number of rotatable bonds is 7. The third-order valence-corrected chi connectivity index (χ3v) is 2.87. The summed E-state index contributed by atoms with van der Waals surface area (Å²) >= 11 is 0. The standard InChI is InChI=1S/C14H22N2O2/c1-10(2)5-4-6-11(3)16-13-9-15-8-7-12(13)14(17)18/h7-11,16H,4-6H2,1-3H3,(H,17,18). The molecule has 1 heterocycles. The molecule has 0 aliphatic heterocycles. The fraction of sp³-hybridized carbons (Fsp3) is 0.571. The molecule has 1 rings (SSSR count). The van der Waals surface area contributed by atoms with Crippen molar-refractivity contribution < 1.29 is 9.90 Å². The second-order valence-corrected chi connectivity index (χ2v) is 5.10. The van der Waals surface area contributed by atoms with Gasteiger partial charge in [0, 0.05) is 12.2 Å². The zero-order valence-electron chi connectivity index (χ0n) is 11.3. The van der Waals surface area contributed by atoms with Gasteiger partial charge in [-0.05, 0) is 25.3 Å². The molecule has 0 fully saturated rings. The minimum atomic E-state index is -0.922. The minimum Gasteiger partial charge on any atom is -0.478 e. The summed E-state index contributed by atoms with van der Waals surface area (Å²) in [5.74, 6) is -0.209. The zero-order valence-corrected chi connectivity index (χ0v) is 11.3. The molecule has 0 aliphatic rings. The van der Waals surface area contributed by atoms with Gasteiger partial charge in [-0.3, -0.25) is 4.98 Å². The van der Waals surface area contributed by atoms with Crippen LogP contribution in [0.15, 0.2) is 18.5 Å². The van der Waals surface area contributed by atoms with Gasteiger partial charge >= 0.3 is 5.97 Å². The number of aromatic nitrogens is 1. The largest absolute Gasteiger partial charge is 0.478 e.